The Bertz CT molecular complexity index is 270. The van der Waals surface area contributed by atoms with Gasteiger partial charge in [0.05, 0.1) is 13.5 Å². The van der Waals surface area contributed by atoms with Crippen LogP contribution in [0.2, 0.25) is 0 Å². The Balaban J connectivity index is 4.86. The number of allylic oxidation sites excluding steroid dienone is 1. The van der Waals surface area contributed by atoms with Gasteiger partial charge in [-0.05, 0) is 0 Å². The molecule has 0 amide bonds. The number of halogens is 3. The topological polar surface area (TPSA) is 69.4 Å². The summed E-state index contributed by atoms with van der Waals surface area (Å²) in [6, 6.07) is 0. The highest BCUT2D eigenvalue weighted by molar-refractivity contribution is 5.94. The molecule has 0 radical (unpaired) electrons. The fraction of sp³-hybridized carbons (Fsp3) is 0.429. The highest BCUT2D eigenvalue weighted by Gasteiger charge is 2.31. The van der Waals surface area contributed by atoms with E-state index >= 15 is 0 Å². The average molecular weight is 211 g/mol. The first-order valence-corrected chi connectivity index (χ1v) is 3.40. The van der Waals surface area contributed by atoms with Gasteiger partial charge in [0.15, 0.2) is 0 Å². The quantitative estimate of drug-likeness (QED) is 0.420. The molecule has 2 N–H and O–H groups in total. The summed E-state index contributed by atoms with van der Waals surface area (Å²) in [5.74, 6) is -1.16. The first-order chi connectivity index (χ1) is 6.31. The molecule has 4 nitrogen and oxygen atoms in total. The van der Waals surface area contributed by atoms with E-state index in [0.717, 1.165) is 7.11 Å². The number of esters is 1. The lowest BCUT2D eigenvalue weighted by Crippen LogP contribution is -2.20. The van der Waals surface area contributed by atoms with E-state index in [-0.39, 0.29) is 6.29 Å². The fourth-order valence-corrected chi connectivity index (χ4v) is 0.657. The number of carbonyl (C=O) groups excluding carboxylic acids is 2. The van der Waals surface area contributed by atoms with E-state index in [1.54, 1.807) is 0 Å². The second-order valence-corrected chi connectivity index (χ2v) is 2.34. The molecule has 0 aliphatic rings. The Hall–Kier alpha value is -1.53. The van der Waals surface area contributed by atoms with Gasteiger partial charge in [-0.25, -0.2) is 4.79 Å². The molecule has 80 valence electrons. The van der Waals surface area contributed by atoms with Gasteiger partial charge in [0.25, 0.3) is 0 Å². The van der Waals surface area contributed by atoms with E-state index in [0.29, 0.717) is 0 Å². The minimum absolute atomic E-state index is 0.111. The molecule has 0 fully saturated rings. The molecule has 0 aromatic heterocycles. The van der Waals surface area contributed by atoms with Gasteiger partial charge in [-0.1, -0.05) is 0 Å². The van der Waals surface area contributed by atoms with Gasteiger partial charge in [0.1, 0.15) is 12.0 Å². The zero-order chi connectivity index (χ0) is 11.4. The third kappa shape index (κ3) is 3.92. The van der Waals surface area contributed by atoms with Crippen molar-refractivity contribution >= 4 is 12.3 Å². The standard InChI is InChI=1S/C7H8F3NO3/c1-14-6(13)5(11)4(3-12)2-7(8,9)10/h3H,2,11H2,1H3. The van der Waals surface area contributed by atoms with Gasteiger partial charge in [-0.15, -0.1) is 0 Å². The molecular weight excluding hydrogens is 203 g/mol. The summed E-state index contributed by atoms with van der Waals surface area (Å²) in [6.07, 6.45) is -6.24. The minimum atomic E-state index is -4.59. The number of nitrogens with two attached hydrogens (primary N) is 1. The molecule has 0 saturated heterocycles. The molecule has 0 unspecified atom stereocenters. The predicted octanol–water partition coefficient (Wildman–Crippen LogP) is 0.524. The largest absolute Gasteiger partial charge is 0.464 e. The number of carbonyl (C=O) groups is 2. The number of aldehydes is 1. The van der Waals surface area contributed by atoms with E-state index in [1.807, 2.05) is 0 Å². The Kier molecular flexibility index (Phi) is 4.13. The maximum atomic E-state index is 11.8. The molecular formula is C7H8F3NO3. The molecule has 0 aromatic carbocycles. The number of methoxy groups -OCH3 is 1. The van der Waals surface area contributed by atoms with E-state index < -0.39 is 29.8 Å². The summed E-state index contributed by atoms with van der Waals surface area (Å²) in [6.45, 7) is 0. The van der Waals surface area contributed by atoms with Crippen molar-refractivity contribution in [3.63, 3.8) is 0 Å². The Morgan fingerprint density at radius 2 is 2.00 bits per heavy atom. The summed E-state index contributed by atoms with van der Waals surface area (Å²) in [5.41, 5.74) is 3.31. The fourth-order valence-electron chi connectivity index (χ4n) is 0.657. The van der Waals surface area contributed by atoms with Crippen LogP contribution in [-0.4, -0.2) is 25.5 Å². The first kappa shape index (κ1) is 12.5. The molecule has 0 aliphatic heterocycles. The van der Waals surface area contributed by atoms with E-state index in [2.05, 4.69) is 4.74 Å². The summed E-state index contributed by atoms with van der Waals surface area (Å²) in [7, 11) is 0.950. The molecule has 0 heterocycles. The molecule has 0 bridgehead atoms. The van der Waals surface area contributed by atoms with Crippen LogP contribution in [0.4, 0.5) is 13.2 Å². The van der Waals surface area contributed by atoms with Gasteiger partial charge in [-0.3, -0.25) is 4.79 Å². The van der Waals surface area contributed by atoms with E-state index in [1.165, 1.54) is 0 Å². The van der Waals surface area contributed by atoms with Crippen LogP contribution in [-0.2, 0) is 14.3 Å². The second-order valence-electron chi connectivity index (χ2n) is 2.34. The third-order valence-electron chi connectivity index (χ3n) is 1.28. The predicted molar refractivity (Wildman–Crippen MR) is 40.0 cm³/mol. The SMILES string of the molecule is COC(=O)C(N)=C(C=O)CC(F)(F)F. The van der Waals surface area contributed by atoms with Crippen LogP contribution in [0, 0.1) is 0 Å². The number of hydrogen-bond donors (Lipinski definition) is 1. The van der Waals surface area contributed by atoms with Crippen LogP contribution in [0.15, 0.2) is 11.3 Å². The van der Waals surface area contributed by atoms with Crippen molar-refractivity contribution in [1.82, 2.24) is 0 Å². The van der Waals surface area contributed by atoms with Crippen molar-refractivity contribution in [3.05, 3.63) is 11.3 Å². The van der Waals surface area contributed by atoms with Crippen LogP contribution in [0.1, 0.15) is 6.42 Å². The maximum Gasteiger partial charge on any atom is 0.393 e. The number of hydrogen-bond acceptors (Lipinski definition) is 4. The van der Waals surface area contributed by atoms with Crippen LogP contribution in [0.25, 0.3) is 0 Å². The minimum Gasteiger partial charge on any atom is -0.464 e. The van der Waals surface area contributed by atoms with E-state index in [4.69, 9.17) is 5.73 Å². The van der Waals surface area contributed by atoms with Gasteiger partial charge in [-0.2, -0.15) is 13.2 Å². The normalized spacial score (nSPS) is 13.1. The average Bonchev–Trinajstić information content (AvgIpc) is 2.10. The number of alkyl halides is 3. The molecule has 0 aromatic rings. The first-order valence-electron chi connectivity index (χ1n) is 3.40. The van der Waals surface area contributed by atoms with Crippen molar-refractivity contribution < 1.29 is 27.5 Å². The summed E-state index contributed by atoms with van der Waals surface area (Å²) in [4.78, 5) is 20.9. The number of rotatable bonds is 3. The zero-order valence-electron chi connectivity index (χ0n) is 7.22. The lowest BCUT2D eigenvalue weighted by molar-refractivity contribution is -0.137. The van der Waals surface area contributed by atoms with Crippen LogP contribution < -0.4 is 5.73 Å². The van der Waals surface area contributed by atoms with Crippen LogP contribution in [0.3, 0.4) is 0 Å². The monoisotopic (exact) mass is 211 g/mol. The molecule has 0 rings (SSSR count). The van der Waals surface area contributed by atoms with Crippen molar-refractivity contribution in [3.8, 4) is 0 Å². The van der Waals surface area contributed by atoms with Crippen molar-refractivity contribution in [1.29, 1.82) is 0 Å². The van der Waals surface area contributed by atoms with Gasteiger partial charge in [0.2, 0.25) is 0 Å². The Morgan fingerprint density at radius 1 is 1.50 bits per heavy atom. The van der Waals surface area contributed by atoms with Crippen LogP contribution >= 0.6 is 0 Å². The molecule has 0 aliphatic carbocycles. The Labute approximate surface area is 77.5 Å². The van der Waals surface area contributed by atoms with Gasteiger partial charge < -0.3 is 10.5 Å². The van der Waals surface area contributed by atoms with E-state index in [9.17, 15) is 22.8 Å². The van der Waals surface area contributed by atoms with Crippen molar-refractivity contribution in [2.75, 3.05) is 7.11 Å². The highest BCUT2D eigenvalue weighted by atomic mass is 19.4. The lowest BCUT2D eigenvalue weighted by atomic mass is 10.1. The zero-order valence-corrected chi connectivity index (χ0v) is 7.22. The Morgan fingerprint density at radius 3 is 2.29 bits per heavy atom. The lowest BCUT2D eigenvalue weighted by Gasteiger charge is -2.07. The second kappa shape index (κ2) is 4.64. The summed E-state index contributed by atoms with van der Waals surface area (Å²) < 4.78 is 39.5. The third-order valence-corrected chi connectivity index (χ3v) is 1.28. The molecule has 0 spiro atoms. The maximum absolute atomic E-state index is 11.8. The molecule has 0 atom stereocenters. The van der Waals surface area contributed by atoms with Crippen molar-refractivity contribution in [2.45, 2.75) is 12.6 Å². The summed E-state index contributed by atoms with van der Waals surface area (Å²) in [5, 5.41) is 0. The van der Waals surface area contributed by atoms with Gasteiger partial charge in [0, 0.05) is 5.57 Å². The smallest absolute Gasteiger partial charge is 0.393 e. The number of ether oxygens (including phenoxy) is 1. The molecule has 14 heavy (non-hydrogen) atoms. The van der Waals surface area contributed by atoms with Gasteiger partial charge >= 0.3 is 12.1 Å². The van der Waals surface area contributed by atoms with Crippen LogP contribution in [0.5, 0.6) is 0 Å². The molecule has 0 saturated carbocycles. The molecule has 7 heteroatoms. The summed E-state index contributed by atoms with van der Waals surface area (Å²) >= 11 is 0. The van der Waals surface area contributed by atoms with Crippen molar-refractivity contribution in [2.24, 2.45) is 5.73 Å². The highest BCUT2D eigenvalue weighted by Crippen LogP contribution is 2.24.